The van der Waals surface area contributed by atoms with Gasteiger partial charge in [0.15, 0.2) is 0 Å². The van der Waals surface area contributed by atoms with Crippen molar-refractivity contribution in [2.75, 3.05) is 17.8 Å². The lowest BCUT2D eigenvalue weighted by molar-refractivity contribution is -0.117. The first-order valence-electron chi connectivity index (χ1n) is 6.29. The summed E-state index contributed by atoms with van der Waals surface area (Å²) < 4.78 is 0. The van der Waals surface area contributed by atoms with Gasteiger partial charge in [0, 0.05) is 17.8 Å². The fourth-order valence-electron chi connectivity index (χ4n) is 2.07. The summed E-state index contributed by atoms with van der Waals surface area (Å²) in [4.78, 5) is 15.3. The average Bonchev–Trinajstić information content (AvgIpc) is 2.43. The highest BCUT2D eigenvalue weighted by Crippen LogP contribution is 2.40. The summed E-state index contributed by atoms with van der Waals surface area (Å²) in [6.45, 7) is 4.09. The molecule has 0 aliphatic carbocycles. The third kappa shape index (κ3) is 2.98. The van der Waals surface area contributed by atoms with Crippen LogP contribution in [0.2, 0.25) is 0 Å². The predicted octanol–water partition coefficient (Wildman–Crippen LogP) is 4.09. The molecule has 0 N–H and O–H groups in total. The van der Waals surface area contributed by atoms with Gasteiger partial charge in [0.2, 0.25) is 5.91 Å². The zero-order valence-corrected chi connectivity index (χ0v) is 13.0. The Balaban J connectivity index is 2.24. The third-order valence-electron chi connectivity index (χ3n) is 3.52. The van der Waals surface area contributed by atoms with Gasteiger partial charge in [-0.25, -0.2) is 0 Å². The number of rotatable bonds is 3. The molecule has 1 aromatic rings. The van der Waals surface area contributed by atoms with Gasteiger partial charge in [-0.05, 0) is 32.4 Å². The van der Waals surface area contributed by atoms with Crippen LogP contribution in [-0.2, 0) is 4.79 Å². The average molecular weight is 296 g/mol. The zero-order chi connectivity index (χ0) is 14.0. The lowest BCUT2D eigenvalue weighted by atomic mass is 10.1. The minimum Gasteiger partial charge on any atom is -0.313 e. The molecule has 0 bridgehead atoms. The second-order valence-electron chi connectivity index (χ2n) is 4.87. The molecule has 1 aromatic carbocycles. The maximum atomic E-state index is 12.4. The van der Waals surface area contributed by atoms with Gasteiger partial charge in [0.25, 0.3) is 0 Å². The minimum atomic E-state index is -0.0435. The number of carbonyl (C=O) groups excluding carboxylic acids is 1. The topological polar surface area (TPSA) is 20.3 Å². The van der Waals surface area contributed by atoms with Crippen LogP contribution in [0.15, 0.2) is 40.3 Å². The van der Waals surface area contributed by atoms with E-state index in [9.17, 15) is 4.79 Å². The zero-order valence-electron chi connectivity index (χ0n) is 11.4. The summed E-state index contributed by atoms with van der Waals surface area (Å²) in [5.74, 6) is 0.703. The summed E-state index contributed by atoms with van der Waals surface area (Å²) in [6, 6.07) is 8.04. The van der Waals surface area contributed by atoms with Gasteiger partial charge in [0.1, 0.15) is 0 Å². The molecule has 4 heteroatoms. The largest absolute Gasteiger partial charge is 0.313 e. The number of fused-ring (bicyclic) bond motifs is 1. The first-order valence-corrected chi connectivity index (χ1v) is 7.70. The number of allylic oxidation sites excluding steroid dienone is 2. The Morgan fingerprint density at radius 2 is 2.00 bits per heavy atom. The fraction of sp³-hybridized carbons (Fsp3) is 0.400. The number of carbonyl (C=O) groups is 1. The summed E-state index contributed by atoms with van der Waals surface area (Å²) in [5, 5.41) is -0.0435. The number of alkyl halides is 1. The quantitative estimate of drug-likeness (QED) is 0.618. The second kappa shape index (κ2) is 6.02. The van der Waals surface area contributed by atoms with Gasteiger partial charge < -0.3 is 4.90 Å². The monoisotopic (exact) mass is 295 g/mol. The molecule has 2 nitrogen and oxygen atoms in total. The smallest absolute Gasteiger partial charge is 0.240 e. The molecule has 2 rings (SSSR count). The number of para-hydroxylation sites is 1. The molecular formula is C15H18ClNOS. The van der Waals surface area contributed by atoms with Crippen LogP contribution in [-0.4, -0.2) is 24.1 Å². The molecule has 1 amide bonds. The van der Waals surface area contributed by atoms with Crippen LogP contribution in [0.1, 0.15) is 20.3 Å². The van der Waals surface area contributed by atoms with Crippen molar-refractivity contribution in [2.24, 2.45) is 0 Å². The Labute approximate surface area is 123 Å². The molecule has 0 spiro atoms. The Morgan fingerprint density at radius 1 is 1.32 bits per heavy atom. The van der Waals surface area contributed by atoms with E-state index in [0.717, 1.165) is 17.7 Å². The molecule has 0 fully saturated rings. The van der Waals surface area contributed by atoms with E-state index in [0.29, 0.717) is 5.88 Å². The lowest BCUT2D eigenvalue weighted by Gasteiger charge is -2.31. The lowest BCUT2D eigenvalue weighted by Crippen LogP contribution is -2.38. The molecule has 0 saturated heterocycles. The van der Waals surface area contributed by atoms with Crippen LogP contribution in [0.4, 0.5) is 5.69 Å². The van der Waals surface area contributed by atoms with Gasteiger partial charge in [0.05, 0.1) is 10.9 Å². The van der Waals surface area contributed by atoms with Crippen molar-refractivity contribution >= 4 is 35.0 Å². The number of halogens is 1. The van der Waals surface area contributed by atoms with Gasteiger partial charge in [-0.2, -0.15) is 0 Å². The first kappa shape index (κ1) is 14.5. The number of benzene rings is 1. The number of thioether (sulfide) groups is 1. The van der Waals surface area contributed by atoms with Crippen molar-refractivity contribution in [1.82, 2.24) is 0 Å². The fourth-order valence-corrected chi connectivity index (χ4v) is 3.68. The standard InChI is InChI=1S/C15H18ClNOS/c1-10(11(2)9-16)8-14-15(18)17(3)12-6-4-5-7-13(12)19-14/h4-7,14H,8-9H2,1-3H3/b11-10-. The van der Waals surface area contributed by atoms with Crippen molar-refractivity contribution in [3.8, 4) is 0 Å². The summed E-state index contributed by atoms with van der Waals surface area (Å²) >= 11 is 7.51. The first-order chi connectivity index (χ1) is 9.04. The van der Waals surface area contributed by atoms with Crippen molar-refractivity contribution in [2.45, 2.75) is 30.4 Å². The van der Waals surface area contributed by atoms with Crippen LogP contribution in [0, 0.1) is 0 Å². The van der Waals surface area contributed by atoms with E-state index in [-0.39, 0.29) is 11.2 Å². The number of nitrogens with zero attached hydrogens (tertiary/aromatic N) is 1. The molecule has 1 atom stereocenters. The SMILES string of the molecule is C/C(CCl)=C(\C)CC1Sc2ccccc2N(C)C1=O. The third-order valence-corrected chi connectivity index (χ3v) is 5.18. The van der Waals surface area contributed by atoms with Crippen LogP contribution >= 0.6 is 23.4 Å². The highest BCUT2D eigenvalue weighted by atomic mass is 35.5. The van der Waals surface area contributed by atoms with E-state index in [1.807, 2.05) is 32.2 Å². The molecule has 1 aliphatic heterocycles. The van der Waals surface area contributed by atoms with E-state index >= 15 is 0 Å². The van der Waals surface area contributed by atoms with Crippen molar-refractivity contribution < 1.29 is 4.79 Å². The van der Waals surface area contributed by atoms with Crippen LogP contribution in [0.25, 0.3) is 0 Å². The number of hydrogen-bond acceptors (Lipinski definition) is 2. The van der Waals surface area contributed by atoms with Crippen LogP contribution < -0.4 is 4.90 Å². The van der Waals surface area contributed by atoms with Gasteiger partial charge in [-0.1, -0.05) is 23.3 Å². The van der Waals surface area contributed by atoms with Crippen molar-refractivity contribution in [3.63, 3.8) is 0 Å². The number of amides is 1. The van der Waals surface area contributed by atoms with E-state index in [4.69, 9.17) is 11.6 Å². The molecule has 0 saturated carbocycles. The molecule has 1 heterocycles. The molecule has 19 heavy (non-hydrogen) atoms. The predicted molar refractivity (Wildman–Crippen MR) is 83.2 cm³/mol. The maximum absolute atomic E-state index is 12.4. The molecule has 0 radical (unpaired) electrons. The number of hydrogen-bond donors (Lipinski definition) is 0. The highest BCUT2D eigenvalue weighted by Gasteiger charge is 2.31. The van der Waals surface area contributed by atoms with Crippen LogP contribution in [0.5, 0.6) is 0 Å². The normalized spacial score (nSPS) is 20.1. The highest BCUT2D eigenvalue weighted by molar-refractivity contribution is 8.01. The van der Waals surface area contributed by atoms with E-state index in [2.05, 4.69) is 13.0 Å². The van der Waals surface area contributed by atoms with Crippen LogP contribution in [0.3, 0.4) is 0 Å². The molecule has 102 valence electrons. The summed E-state index contributed by atoms with van der Waals surface area (Å²) in [7, 11) is 1.85. The minimum absolute atomic E-state index is 0.0435. The Hall–Kier alpha value is -0.930. The van der Waals surface area contributed by atoms with E-state index < -0.39 is 0 Å². The molecular weight excluding hydrogens is 278 g/mol. The Bertz CT molecular complexity index is 527. The molecule has 1 aliphatic rings. The summed E-state index contributed by atoms with van der Waals surface area (Å²) in [5.41, 5.74) is 3.38. The Morgan fingerprint density at radius 3 is 2.68 bits per heavy atom. The second-order valence-corrected chi connectivity index (χ2v) is 6.38. The van der Waals surface area contributed by atoms with Gasteiger partial charge in [-0.3, -0.25) is 4.79 Å². The molecule has 0 aromatic heterocycles. The van der Waals surface area contributed by atoms with Gasteiger partial charge in [-0.15, -0.1) is 23.4 Å². The van der Waals surface area contributed by atoms with E-state index in [1.165, 1.54) is 10.5 Å². The van der Waals surface area contributed by atoms with Crippen molar-refractivity contribution in [1.29, 1.82) is 0 Å². The van der Waals surface area contributed by atoms with Crippen molar-refractivity contribution in [3.05, 3.63) is 35.4 Å². The number of anilines is 1. The van der Waals surface area contributed by atoms with Gasteiger partial charge >= 0.3 is 0 Å². The van der Waals surface area contributed by atoms with E-state index in [1.54, 1.807) is 16.7 Å². The maximum Gasteiger partial charge on any atom is 0.240 e. The summed E-state index contributed by atoms with van der Waals surface area (Å²) in [6.07, 6.45) is 0.765. The Kier molecular flexibility index (Phi) is 4.58. The molecule has 1 unspecified atom stereocenters.